The van der Waals surface area contributed by atoms with Crippen LogP contribution in [0, 0.1) is 5.92 Å². The molecule has 2 aliphatic carbocycles. The van der Waals surface area contributed by atoms with Gasteiger partial charge in [0.25, 0.3) is 0 Å². The summed E-state index contributed by atoms with van der Waals surface area (Å²) in [6.07, 6.45) is 7.61. The minimum absolute atomic E-state index is 0.0798. The van der Waals surface area contributed by atoms with E-state index >= 15 is 0 Å². The van der Waals surface area contributed by atoms with E-state index in [9.17, 15) is 9.90 Å². The smallest absolute Gasteiger partial charge is 0.407 e. The lowest BCUT2D eigenvalue weighted by Crippen LogP contribution is -2.52. The highest BCUT2D eigenvalue weighted by Gasteiger charge is 2.59. The molecule has 6 atom stereocenters. The Morgan fingerprint density at radius 3 is 2.50 bits per heavy atom. The van der Waals surface area contributed by atoms with Crippen LogP contribution in [0.5, 0.6) is 0 Å². The molecule has 1 saturated heterocycles. The van der Waals surface area contributed by atoms with Crippen molar-refractivity contribution in [2.75, 3.05) is 26.9 Å². The first-order valence-electron chi connectivity index (χ1n) is 13.5. The number of nitrogens with one attached hydrogen (secondary N) is 3. The summed E-state index contributed by atoms with van der Waals surface area (Å²) in [5.74, 6) is 0.112. The summed E-state index contributed by atoms with van der Waals surface area (Å²) in [4.78, 5) is 12.9. The lowest BCUT2D eigenvalue weighted by molar-refractivity contribution is -0.113. The molecule has 9 nitrogen and oxygen atoms in total. The zero-order chi connectivity index (χ0) is 26.1. The summed E-state index contributed by atoms with van der Waals surface area (Å²) in [5, 5.41) is 16.2. The van der Waals surface area contributed by atoms with Crippen molar-refractivity contribution in [3.05, 3.63) is 11.6 Å². The largest absolute Gasteiger partial charge is 0.443 e. The molecule has 36 heavy (non-hydrogen) atoms. The van der Waals surface area contributed by atoms with E-state index in [1.807, 2.05) is 29.8 Å². The Labute approximate surface area is 230 Å². The normalized spacial score (nSPS) is 33.6. The fourth-order valence-corrected chi connectivity index (χ4v) is 6.22. The molecule has 0 radical (unpaired) electrons. The van der Waals surface area contributed by atoms with Crippen LogP contribution >= 0.6 is 22.9 Å². The molecule has 4 unspecified atom stereocenters. The molecule has 3 rings (SSSR count). The average molecular weight is 624 g/mol. The topological polar surface area (TPSA) is 114 Å². The van der Waals surface area contributed by atoms with Crippen LogP contribution in [0.1, 0.15) is 72.1 Å². The van der Waals surface area contributed by atoms with E-state index in [4.69, 9.17) is 18.9 Å². The van der Waals surface area contributed by atoms with Gasteiger partial charge >= 0.3 is 6.09 Å². The zero-order valence-corrected chi connectivity index (χ0v) is 24.4. The summed E-state index contributed by atoms with van der Waals surface area (Å²) < 4.78 is 26.9. The average Bonchev–Trinajstić information content (AvgIpc) is 3.61. The summed E-state index contributed by atoms with van der Waals surface area (Å²) in [7, 11) is 1.70. The number of amides is 1. The second kappa shape index (κ2) is 14.6. The maximum absolute atomic E-state index is 12.9. The summed E-state index contributed by atoms with van der Waals surface area (Å²) in [6.45, 7) is 8.13. The van der Waals surface area contributed by atoms with E-state index in [1.165, 1.54) is 5.57 Å². The number of carbonyl (C=O) groups excluding carboxylic acids is 1. The third kappa shape index (κ3) is 8.78. The van der Waals surface area contributed by atoms with Gasteiger partial charge in [0, 0.05) is 61.1 Å². The van der Waals surface area contributed by atoms with E-state index in [2.05, 4.69) is 34.1 Å². The highest BCUT2D eigenvalue weighted by molar-refractivity contribution is 14.1. The second-order valence-electron chi connectivity index (χ2n) is 10.7. The van der Waals surface area contributed by atoms with Crippen LogP contribution in [0.2, 0.25) is 0 Å². The molecule has 0 aromatic carbocycles. The van der Waals surface area contributed by atoms with Gasteiger partial charge in [-0.25, -0.2) is 4.79 Å². The highest BCUT2D eigenvalue weighted by Crippen LogP contribution is 2.50. The van der Waals surface area contributed by atoms with E-state index in [0.29, 0.717) is 13.2 Å². The van der Waals surface area contributed by atoms with Crippen LogP contribution in [0.15, 0.2) is 11.6 Å². The number of halogens is 1. The van der Waals surface area contributed by atoms with Crippen LogP contribution in [0.4, 0.5) is 4.79 Å². The fraction of sp³-hybridized carbons (Fsp3) is 0.885. The molecular formula is C26H46IN3O6. The Morgan fingerprint density at radius 2 is 1.92 bits per heavy atom. The van der Waals surface area contributed by atoms with Gasteiger partial charge in [0.1, 0.15) is 12.3 Å². The van der Waals surface area contributed by atoms with Crippen molar-refractivity contribution in [3.63, 3.8) is 0 Å². The number of hydrogen-bond donors (Lipinski definition) is 4. The number of aliphatic hydroxyl groups is 1. The number of allylic oxidation sites excluding steroid dienone is 1. The van der Waals surface area contributed by atoms with Crippen molar-refractivity contribution in [1.29, 1.82) is 0 Å². The number of ether oxygens (including phenoxy) is 4. The van der Waals surface area contributed by atoms with E-state index < -0.39 is 6.23 Å². The van der Waals surface area contributed by atoms with Gasteiger partial charge in [0.05, 0.1) is 24.4 Å². The lowest BCUT2D eigenvalue weighted by atomic mass is 9.72. The molecule has 10 heteroatoms. The molecule has 1 aliphatic heterocycles. The Morgan fingerprint density at radius 1 is 1.22 bits per heavy atom. The number of carbonyl (C=O) groups is 1. The minimum Gasteiger partial charge on any atom is -0.443 e. The Balaban J connectivity index is 1.53. The van der Waals surface area contributed by atoms with Crippen LogP contribution < -0.4 is 14.2 Å². The third-order valence-electron chi connectivity index (χ3n) is 7.79. The van der Waals surface area contributed by atoms with Gasteiger partial charge in [-0.2, -0.15) is 0 Å². The Kier molecular flexibility index (Phi) is 12.2. The minimum atomic E-state index is -0.560. The molecule has 0 aromatic heterocycles. The van der Waals surface area contributed by atoms with Gasteiger partial charge in [0.2, 0.25) is 0 Å². The maximum atomic E-state index is 12.9. The SMILES string of the molecule is CCO[C@H](CC=C(C)C)CC1C(OC)C(OC(=O)N[C@H]2CC[C@H](NC(O)CNI)CC2)CC[C@]12CO2. The Hall–Kier alpha value is -0.500. The predicted molar refractivity (Wildman–Crippen MR) is 147 cm³/mol. The lowest BCUT2D eigenvalue weighted by Gasteiger charge is -2.42. The van der Waals surface area contributed by atoms with Gasteiger partial charge in [-0.05, 0) is 72.1 Å². The predicted octanol–water partition coefficient (Wildman–Crippen LogP) is 3.59. The van der Waals surface area contributed by atoms with Crippen molar-refractivity contribution in [1.82, 2.24) is 14.2 Å². The first kappa shape index (κ1) is 30.0. The van der Waals surface area contributed by atoms with E-state index in [0.717, 1.165) is 58.0 Å². The summed E-state index contributed by atoms with van der Waals surface area (Å²) in [6, 6.07) is 0.343. The molecule has 0 aromatic rings. The van der Waals surface area contributed by atoms with Gasteiger partial charge in [-0.15, -0.1) is 0 Å². The van der Waals surface area contributed by atoms with Gasteiger partial charge < -0.3 is 29.4 Å². The molecule has 1 spiro atoms. The van der Waals surface area contributed by atoms with Crippen molar-refractivity contribution in [3.8, 4) is 0 Å². The molecule has 3 aliphatic rings. The number of alkyl carbamates (subject to hydrolysis) is 1. The van der Waals surface area contributed by atoms with Gasteiger partial charge in [0.15, 0.2) is 0 Å². The van der Waals surface area contributed by atoms with Crippen molar-refractivity contribution >= 4 is 29.0 Å². The number of rotatable bonds is 13. The number of hydrogen-bond acceptors (Lipinski definition) is 8. The van der Waals surface area contributed by atoms with Crippen LogP contribution in [-0.2, 0) is 18.9 Å². The molecule has 3 fully saturated rings. The van der Waals surface area contributed by atoms with Crippen LogP contribution in [0.25, 0.3) is 0 Å². The first-order valence-corrected chi connectivity index (χ1v) is 14.5. The molecule has 1 amide bonds. The highest BCUT2D eigenvalue weighted by atomic mass is 127. The van der Waals surface area contributed by atoms with Gasteiger partial charge in [-0.3, -0.25) is 8.85 Å². The van der Waals surface area contributed by atoms with Crippen LogP contribution in [0.3, 0.4) is 0 Å². The van der Waals surface area contributed by atoms with Crippen molar-refractivity contribution < 1.29 is 28.8 Å². The molecule has 208 valence electrons. The van der Waals surface area contributed by atoms with Crippen LogP contribution in [-0.4, -0.2) is 80.3 Å². The molecule has 2 saturated carbocycles. The quantitative estimate of drug-likeness (QED) is 0.0810. The zero-order valence-electron chi connectivity index (χ0n) is 22.3. The molecule has 0 bridgehead atoms. The molecule has 4 N–H and O–H groups in total. The van der Waals surface area contributed by atoms with E-state index in [1.54, 1.807) is 7.11 Å². The van der Waals surface area contributed by atoms with Crippen molar-refractivity contribution in [2.24, 2.45) is 5.92 Å². The van der Waals surface area contributed by atoms with Crippen molar-refractivity contribution in [2.45, 2.75) is 114 Å². The monoisotopic (exact) mass is 623 g/mol. The van der Waals surface area contributed by atoms with E-state index in [-0.39, 0.29) is 48.0 Å². The number of epoxide rings is 1. The number of aliphatic hydroxyl groups excluding tert-OH is 1. The van der Waals surface area contributed by atoms with Gasteiger partial charge in [-0.1, -0.05) is 11.6 Å². The fourth-order valence-electron chi connectivity index (χ4n) is 5.80. The first-order chi connectivity index (χ1) is 17.3. The summed E-state index contributed by atoms with van der Waals surface area (Å²) >= 11 is 2.03. The summed E-state index contributed by atoms with van der Waals surface area (Å²) in [5.41, 5.74) is 1.10. The molecular weight excluding hydrogens is 577 g/mol. The maximum Gasteiger partial charge on any atom is 0.407 e. The molecule has 1 heterocycles. The third-order valence-corrected chi connectivity index (χ3v) is 8.23. The number of methoxy groups -OCH3 is 1. The second-order valence-corrected chi connectivity index (χ2v) is 11.4. The standard InChI is InChI=1S/C26H46IN3O6/c1-5-34-20(11-6-17(2)3)14-21-24(33-4)22(12-13-26(21)16-35-26)36-25(32)30-19-9-7-18(8-10-19)29-23(31)15-28-27/h6,18-24,28-29,31H,5,7-16H2,1-4H3,(H,30,32)/t18-,19-,20-,21?,22?,23?,24?,26+/m1/s1. The Bertz CT molecular complexity index is 710.